The van der Waals surface area contributed by atoms with Crippen molar-refractivity contribution >= 4 is 33.4 Å². The summed E-state index contributed by atoms with van der Waals surface area (Å²) in [6.45, 7) is 10.5. The van der Waals surface area contributed by atoms with Crippen LogP contribution in [0.4, 0.5) is 0 Å². The van der Waals surface area contributed by atoms with Crippen LogP contribution >= 0.6 is 11.3 Å². The summed E-state index contributed by atoms with van der Waals surface area (Å²) < 4.78 is 0. The van der Waals surface area contributed by atoms with E-state index < -0.39 is 0 Å². The van der Waals surface area contributed by atoms with Crippen LogP contribution in [0.3, 0.4) is 0 Å². The largest absolute Gasteiger partial charge is 0.335 e. The highest BCUT2D eigenvalue weighted by Crippen LogP contribution is 2.40. The molecule has 2 aliphatic rings. The number of thiophene rings is 1. The van der Waals surface area contributed by atoms with Crippen LogP contribution in [0.5, 0.6) is 0 Å². The molecule has 3 heterocycles. The Balaban J connectivity index is 1.28. The number of benzene rings is 1. The summed E-state index contributed by atoms with van der Waals surface area (Å²) in [4.78, 5) is 41.2. The molecule has 2 fully saturated rings. The summed E-state index contributed by atoms with van der Waals surface area (Å²) in [6, 6.07) is 7.88. The van der Waals surface area contributed by atoms with Gasteiger partial charge in [0.2, 0.25) is 0 Å². The fourth-order valence-electron chi connectivity index (χ4n) is 4.54. The average Bonchev–Trinajstić information content (AvgIpc) is 3.62. The molecule has 3 aromatic rings. The van der Waals surface area contributed by atoms with Crippen LogP contribution in [0, 0.1) is 13.8 Å². The van der Waals surface area contributed by atoms with E-state index in [2.05, 4.69) is 13.8 Å². The zero-order valence-electron chi connectivity index (χ0n) is 19.7. The molecule has 0 spiro atoms. The summed E-state index contributed by atoms with van der Waals surface area (Å²) in [5.41, 5.74) is 3.88. The number of amides is 2. The molecule has 33 heavy (non-hydrogen) atoms. The third-order valence-electron chi connectivity index (χ3n) is 6.80. The van der Waals surface area contributed by atoms with Crippen LogP contribution < -0.4 is 0 Å². The van der Waals surface area contributed by atoms with Crippen molar-refractivity contribution in [1.29, 1.82) is 0 Å². The lowest BCUT2D eigenvalue weighted by Crippen LogP contribution is -2.50. The van der Waals surface area contributed by atoms with Gasteiger partial charge >= 0.3 is 0 Å². The van der Waals surface area contributed by atoms with Crippen molar-refractivity contribution in [1.82, 2.24) is 19.8 Å². The van der Waals surface area contributed by atoms with Gasteiger partial charge in [0.05, 0.1) is 10.6 Å². The maximum Gasteiger partial charge on any atom is 0.264 e. The number of aryl methyl sites for hydroxylation is 2. The van der Waals surface area contributed by atoms with Gasteiger partial charge in [0.1, 0.15) is 10.7 Å². The number of aromatic nitrogens is 2. The maximum absolute atomic E-state index is 13.4. The molecule has 1 aromatic carbocycles. The van der Waals surface area contributed by atoms with E-state index in [-0.39, 0.29) is 11.8 Å². The number of nitrogens with zero attached hydrogens (tertiary/aromatic N) is 4. The highest BCUT2D eigenvalue weighted by atomic mass is 32.1. The van der Waals surface area contributed by atoms with Gasteiger partial charge in [-0.05, 0) is 55.9 Å². The van der Waals surface area contributed by atoms with Crippen LogP contribution in [-0.4, -0.2) is 57.8 Å². The van der Waals surface area contributed by atoms with E-state index in [0.29, 0.717) is 43.6 Å². The molecule has 2 aromatic heterocycles. The molecular weight excluding hydrogens is 432 g/mol. The van der Waals surface area contributed by atoms with Gasteiger partial charge in [0.25, 0.3) is 11.8 Å². The van der Waals surface area contributed by atoms with Gasteiger partial charge in [-0.2, -0.15) is 0 Å². The molecule has 1 aliphatic heterocycles. The third-order valence-corrected chi connectivity index (χ3v) is 7.98. The van der Waals surface area contributed by atoms with Gasteiger partial charge < -0.3 is 9.80 Å². The molecule has 6 nitrogen and oxygen atoms in total. The fourth-order valence-corrected chi connectivity index (χ4v) is 5.74. The first-order chi connectivity index (χ1) is 15.8. The van der Waals surface area contributed by atoms with Crippen molar-refractivity contribution in [2.24, 2.45) is 0 Å². The van der Waals surface area contributed by atoms with Gasteiger partial charge in [-0.1, -0.05) is 26.0 Å². The van der Waals surface area contributed by atoms with Crippen molar-refractivity contribution in [3.63, 3.8) is 0 Å². The lowest BCUT2D eigenvalue weighted by molar-refractivity contribution is 0.0537. The summed E-state index contributed by atoms with van der Waals surface area (Å²) in [5, 5.41) is 1.02. The molecule has 0 atom stereocenters. The molecule has 1 saturated carbocycles. The van der Waals surface area contributed by atoms with E-state index >= 15 is 0 Å². The quantitative estimate of drug-likeness (QED) is 0.553. The second-order valence-corrected chi connectivity index (χ2v) is 10.5. The van der Waals surface area contributed by atoms with Gasteiger partial charge in [-0.3, -0.25) is 9.59 Å². The minimum absolute atomic E-state index is 0.0361. The second kappa shape index (κ2) is 8.52. The number of carbonyl (C=O) groups excluding carboxylic acids is 2. The molecule has 1 saturated heterocycles. The second-order valence-electron chi connectivity index (χ2n) is 9.54. The monoisotopic (exact) mass is 462 g/mol. The highest BCUT2D eigenvalue weighted by Gasteiger charge is 2.30. The Morgan fingerprint density at radius 3 is 2.12 bits per heavy atom. The van der Waals surface area contributed by atoms with Crippen molar-refractivity contribution < 1.29 is 9.59 Å². The molecule has 172 valence electrons. The first-order valence-corrected chi connectivity index (χ1v) is 12.6. The SMILES string of the molecule is Cc1nc(C2CC2)nc2sc(C(=O)N3CCN(C(=O)c4ccc(C(C)C)cc4)CC3)c(C)c12. The van der Waals surface area contributed by atoms with E-state index in [1.165, 1.54) is 16.9 Å². The number of fused-ring (bicyclic) bond motifs is 1. The predicted octanol–water partition coefficient (Wildman–Crippen LogP) is 4.91. The number of rotatable bonds is 4. The van der Waals surface area contributed by atoms with Crippen molar-refractivity contribution in [3.05, 3.63) is 57.4 Å². The first kappa shape index (κ1) is 22.0. The predicted molar refractivity (Wildman–Crippen MR) is 131 cm³/mol. The average molecular weight is 463 g/mol. The Morgan fingerprint density at radius 2 is 1.55 bits per heavy atom. The summed E-state index contributed by atoms with van der Waals surface area (Å²) in [6.07, 6.45) is 2.32. The Bertz CT molecular complexity index is 1220. The molecule has 0 bridgehead atoms. The molecule has 5 rings (SSSR count). The van der Waals surface area contributed by atoms with E-state index in [9.17, 15) is 9.59 Å². The van der Waals surface area contributed by atoms with Gasteiger partial charge in [-0.15, -0.1) is 11.3 Å². The number of carbonyl (C=O) groups is 2. The minimum Gasteiger partial charge on any atom is -0.335 e. The smallest absolute Gasteiger partial charge is 0.264 e. The van der Waals surface area contributed by atoms with Gasteiger partial charge in [-0.25, -0.2) is 9.97 Å². The lowest BCUT2D eigenvalue weighted by Gasteiger charge is -2.34. The Hall–Kier alpha value is -2.80. The number of hydrogen-bond donors (Lipinski definition) is 0. The van der Waals surface area contributed by atoms with Crippen LogP contribution in [0.2, 0.25) is 0 Å². The summed E-state index contributed by atoms with van der Waals surface area (Å²) in [7, 11) is 0. The summed E-state index contributed by atoms with van der Waals surface area (Å²) >= 11 is 1.48. The Kier molecular flexibility index (Phi) is 5.69. The van der Waals surface area contributed by atoms with Crippen molar-refractivity contribution in [2.45, 2.75) is 52.4 Å². The third kappa shape index (κ3) is 4.14. The molecule has 7 heteroatoms. The normalized spacial score (nSPS) is 16.6. The van der Waals surface area contributed by atoms with E-state index in [0.717, 1.165) is 45.0 Å². The van der Waals surface area contributed by atoms with Crippen LogP contribution in [-0.2, 0) is 0 Å². The Labute approximate surface area is 198 Å². The molecule has 0 unspecified atom stereocenters. The highest BCUT2D eigenvalue weighted by molar-refractivity contribution is 7.20. The van der Waals surface area contributed by atoms with Crippen molar-refractivity contribution in [3.8, 4) is 0 Å². The Morgan fingerprint density at radius 1 is 0.939 bits per heavy atom. The zero-order chi connectivity index (χ0) is 23.3. The molecule has 2 amide bonds. The number of hydrogen-bond acceptors (Lipinski definition) is 5. The molecule has 0 radical (unpaired) electrons. The number of piperazine rings is 1. The molecule has 1 aliphatic carbocycles. The van der Waals surface area contributed by atoms with E-state index in [1.54, 1.807) is 0 Å². The fraction of sp³-hybridized carbons (Fsp3) is 0.462. The van der Waals surface area contributed by atoms with Gasteiger partial charge in [0.15, 0.2) is 0 Å². The first-order valence-electron chi connectivity index (χ1n) is 11.8. The van der Waals surface area contributed by atoms with Crippen LogP contribution in [0.25, 0.3) is 10.2 Å². The standard InChI is InChI=1S/C26H30N4O2S/c1-15(2)18-5-9-20(10-6-18)25(31)29-11-13-30(14-12-29)26(32)22-16(3)21-17(4)27-23(19-7-8-19)28-24(21)33-22/h5-6,9-10,15,19H,7-8,11-14H2,1-4H3. The van der Waals surface area contributed by atoms with Gasteiger partial charge in [0, 0.05) is 43.0 Å². The maximum atomic E-state index is 13.4. The summed E-state index contributed by atoms with van der Waals surface area (Å²) in [5.74, 6) is 1.93. The van der Waals surface area contributed by atoms with E-state index in [1.807, 2.05) is 47.9 Å². The zero-order valence-corrected chi connectivity index (χ0v) is 20.5. The lowest BCUT2D eigenvalue weighted by atomic mass is 10.0. The molecule has 0 N–H and O–H groups in total. The minimum atomic E-state index is 0.0361. The van der Waals surface area contributed by atoms with Crippen LogP contribution in [0.1, 0.15) is 81.2 Å². The van der Waals surface area contributed by atoms with Crippen LogP contribution in [0.15, 0.2) is 24.3 Å². The topological polar surface area (TPSA) is 66.4 Å². The van der Waals surface area contributed by atoms with E-state index in [4.69, 9.17) is 9.97 Å². The van der Waals surface area contributed by atoms with Crippen molar-refractivity contribution in [2.75, 3.05) is 26.2 Å². The molecular formula is C26H30N4O2S.